The van der Waals surface area contributed by atoms with Crippen molar-refractivity contribution in [2.45, 2.75) is 13.5 Å². The topological polar surface area (TPSA) is 97.4 Å². The van der Waals surface area contributed by atoms with E-state index in [-0.39, 0.29) is 24.0 Å². The number of carbonyl (C=O) groups is 1. The molecule has 10 heteroatoms. The number of sulfonamides is 1. The van der Waals surface area contributed by atoms with Gasteiger partial charge in [-0.15, -0.1) is 11.3 Å². The smallest absolute Gasteiger partial charge is 0.275 e. The van der Waals surface area contributed by atoms with Gasteiger partial charge in [0.1, 0.15) is 23.1 Å². The van der Waals surface area contributed by atoms with Gasteiger partial charge in [-0.25, -0.2) is 13.4 Å². The van der Waals surface area contributed by atoms with E-state index in [1.165, 1.54) is 11.3 Å². The Morgan fingerprint density at radius 2 is 1.76 bits per heavy atom. The molecule has 1 aromatic heterocycles. The first kappa shape index (κ1) is 21.1. The van der Waals surface area contributed by atoms with Gasteiger partial charge in [0.05, 0.1) is 5.75 Å². The zero-order valence-corrected chi connectivity index (χ0v) is 17.8. The second-order valence-corrected chi connectivity index (χ2v) is 9.30. The van der Waals surface area contributed by atoms with E-state index in [2.05, 4.69) is 15.0 Å². The zero-order valence-electron chi connectivity index (χ0n) is 15.4. The molecule has 3 aromatic rings. The van der Waals surface area contributed by atoms with Gasteiger partial charge < -0.3 is 10.1 Å². The number of nitrogens with one attached hydrogen (secondary N) is 2. The summed E-state index contributed by atoms with van der Waals surface area (Å²) in [7, 11) is -3.34. The summed E-state index contributed by atoms with van der Waals surface area (Å²) in [6.45, 7) is 1.80. The van der Waals surface area contributed by atoms with Crippen molar-refractivity contribution in [2.75, 3.05) is 15.8 Å². The molecule has 0 spiro atoms. The largest absolute Gasteiger partial charge is 0.486 e. The number of carbonyl (C=O) groups excluding carboxylic acids is 1. The van der Waals surface area contributed by atoms with Crippen LogP contribution in [0.5, 0.6) is 5.75 Å². The van der Waals surface area contributed by atoms with Gasteiger partial charge in [-0.1, -0.05) is 11.6 Å². The van der Waals surface area contributed by atoms with E-state index in [1.54, 1.807) is 60.8 Å². The van der Waals surface area contributed by atoms with Gasteiger partial charge in [0.2, 0.25) is 10.0 Å². The van der Waals surface area contributed by atoms with E-state index in [0.29, 0.717) is 27.2 Å². The van der Waals surface area contributed by atoms with Crippen molar-refractivity contribution in [3.8, 4) is 5.75 Å². The van der Waals surface area contributed by atoms with Gasteiger partial charge in [-0.3, -0.25) is 9.52 Å². The first-order valence-corrected chi connectivity index (χ1v) is 11.5. The number of benzene rings is 2. The van der Waals surface area contributed by atoms with Crippen LogP contribution in [0.25, 0.3) is 0 Å². The maximum absolute atomic E-state index is 12.4. The second kappa shape index (κ2) is 9.25. The molecule has 2 aromatic carbocycles. The monoisotopic (exact) mass is 451 g/mol. The summed E-state index contributed by atoms with van der Waals surface area (Å²) in [4.78, 5) is 16.6. The van der Waals surface area contributed by atoms with Crippen LogP contribution >= 0.6 is 22.9 Å². The third-order valence-electron chi connectivity index (χ3n) is 3.76. The molecule has 3 rings (SSSR count). The summed E-state index contributed by atoms with van der Waals surface area (Å²) in [6.07, 6.45) is 0. The zero-order chi connectivity index (χ0) is 20.9. The lowest BCUT2D eigenvalue weighted by atomic mass is 10.3. The van der Waals surface area contributed by atoms with E-state index in [1.807, 2.05) is 0 Å². The lowest BCUT2D eigenvalue weighted by Gasteiger charge is -2.07. The normalized spacial score (nSPS) is 11.1. The fourth-order valence-electron chi connectivity index (χ4n) is 2.23. The number of aromatic nitrogens is 1. The minimum absolute atomic E-state index is 0.0145. The highest BCUT2D eigenvalue weighted by Crippen LogP contribution is 2.19. The molecule has 2 N–H and O–H groups in total. The third-order valence-corrected chi connectivity index (χ3v) is 6.14. The average Bonchev–Trinajstić information content (AvgIpc) is 3.18. The first-order chi connectivity index (χ1) is 13.8. The van der Waals surface area contributed by atoms with E-state index in [9.17, 15) is 13.2 Å². The molecular formula is C19H18ClN3O4S2. The van der Waals surface area contributed by atoms with E-state index in [0.717, 1.165) is 0 Å². The highest BCUT2D eigenvalue weighted by Gasteiger charge is 2.12. The number of nitrogens with zero attached hydrogens (tertiary/aromatic N) is 1. The number of rotatable bonds is 8. The Balaban J connectivity index is 1.56. The van der Waals surface area contributed by atoms with Crippen LogP contribution < -0.4 is 14.8 Å². The van der Waals surface area contributed by atoms with Crippen LogP contribution in [0, 0.1) is 0 Å². The predicted octanol–water partition coefficient (Wildman–Crippen LogP) is 4.39. The van der Waals surface area contributed by atoms with Crippen molar-refractivity contribution in [1.82, 2.24) is 4.98 Å². The molecule has 0 saturated carbocycles. The van der Waals surface area contributed by atoms with Crippen LogP contribution in [0.4, 0.5) is 11.4 Å². The number of ether oxygens (including phenoxy) is 1. The Morgan fingerprint density at radius 3 is 2.41 bits per heavy atom. The molecule has 0 unspecified atom stereocenters. The van der Waals surface area contributed by atoms with Gasteiger partial charge in [0.25, 0.3) is 5.91 Å². The van der Waals surface area contributed by atoms with Crippen molar-refractivity contribution in [1.29, 1.82) is 0 Å². The van der Waals surface area contributed by atoms with Crippen molar-refractivity contribution >= 4 is 50.2 Å². The van der Waals surface area contributed by atoms with Crippen LogP contribution in [0.1, 0.15) is 22.4 Å². The maximum atomic E-state index is 12.4. The van der Waals surface area contributed by atoms with Crippen molar-refractivity contribution in [3.05, 3.63) is 69.6 Å². The number of amides is 1. The molecule has 0 aliphatic heterocycles. The summed E-state index contributed by atoms with van der Waals surface area (Å²) in [5.41, 5.74) is 1.24. The van der Waals surface area contributed by atoms with Gasteiger partial charge in [-0.2, -0.15) is 0 Å². The van der Waals surface area contributed by atoms with Gasteiger partial charge in [0, 0.05) is 21.8 Å². The number of thiazole rings is 1. The van der Waals surface area contributed by atoms with Gasteiger partial charge in [0.15, 0.2) is 0 Å². The molecule has 1 heterocycles. The Labute approximate surface area is 177 Å². The van der Waals surface area contributed by atoms with Crippen LogP contribution in [-0.2, 0) is 16.6 Å². The summed E-state index contributed by atoms with van der Waals surface area (Å²) in [5.74, 6) is 0.287. The Kier molecular flexibility index (Phi) is 6.73. The summed E-state index contributed by atoms with van der Waals surface area (Å²) < 4.78 is 31.2. The minimum atomic E-state index is -3.34. The predicted molar refractivity (Wildman–Crippen MR) is 115 cm³/mol. The van der Waals surface area contributed by atoms with Crippen molar-refractivity contribution in [2.24, 2.45) is 0 Å². The lowest BCUT2D eigenvalue weighted by molar-refractivity contribution is 0.102. The average molecular weight is 452 g/mol. The number of hydrogen-bond acceptors (Lipinski definition) is 6. The standard InChI is InChI=1S/C19H18ClN3O4S2/c1-2-29(25,26)23-15-7-5-14(6-8-15)21-19(24)17-12-28-18(22-17)11-27-16-9-3-13(20)4-10-16/h3-10,12,23H,2,11H2,1H3,(H,21,24). The summed E-state index contributed by atoms with van der Waals surface area (Å²) in [5, 5.41) is 5.67. The third kappa shape index (κ3) is 6.18. The molecule has 0 radical (unpaired) electrons. The molecule has 29 heavy (non-hydrogen) atoms. The molecule has 0 bridgehead atoms. The lowest BCUT2D eigenvalue weighted by Crippen LogP contribution is -2.15. The van der Waals surface area contributed by atoms with Gasteiger partial charge >= 0.3 is 0 Å². The fraction of sp³-hybridized carbons (Fsp3) is 0.158. The number of halogens is 1. The van der Waals surface area contributed by atoms with Crippen molar-refractivity contribution < 1.29 is 17.9 Å². The Morgan fingerprint density at radius 1 is 1.10 bits per heavy atom. The highest BCUT2D eigenvalue weighted by atomic mass is 35.5. The van der Waals surface area contributed by atoms with Crippen LogP contribution in [0.2, 0.25) is 5.02 Å². The quantitative estimate of drug-likeness (QED) is 0.529. The second-order valence-electron chi connectivity index (χ2n) is 5.91. The Bertz CT molecular complexity index is 1080. The molecule has 0 saturated heterocycles. The van der Waals surface area contributed by atoms with Crippen LogP contribution in [0.3, 0.4) is 0 Å². The number of hydrogen-bond donors (Lipinski definition) is 2. The van der Waals surface area contributed by atoms with Crippen molar-refractivity contribution in [3.63, 3.8) is 0 Å². The molecule has 0 aliphatic carbocycles. The van der Waals surface area contributed by atoms with E-state index in [4.69, 9.17) is 16.3 Å². The molecule has 0 atom stereocenters. The molecule has 1 amide bonds. The minimum Gasteiger partial charge on any atom is -0.486 e. The molecular weight excluding hydrogens is 434 g/mol. The summed E-state index contributed by atoms with van der Waals surface area (Å²) >= 11 is 7.16. The van der Waals surface area contributed by atoms with Crippen LogP contribution in [0.15, 0.2) is 53.9 Å². The van der Waals surface area contributed by atoms with Gasteiger partial charge in [-0.05, 0) is 55.5 Å². The Hall–Kier alpha value is -2.62. The van der Waals surface area contributed by atoms with E-state index >= 15 is 0 Å². The number of anilines is 2. The summed E-state index contributed by atoms with van der Waals surface area (Å²) in [6, 6.07) is 13.4. The highest BCUT2D eigenvalue weighted by molar-refractivity contribution is 7.92. The van der Waals surface area contributed by atoms with E-state index < -0.39 is 10.0 Å². The fourth-order valence-corrected chi connectivity index (χ4v) is 3.68. The maximum Gasteiger partial charge on any atom is 0.275 e. The molecule has 0 aliphatic rings. The molecule has 0 fully saturated rings. The molecule has 152 valence electrons. The SMILES string of the molecule is CCS(=O)(=O)Nc1ccc(NC(=O)c2csc(COc3ccc(Cl)cc3)n2)cc1. The molecule has 7 nitrogen and oxygen atoms in total. The first-order valence-electron chi connectivity index (χ1n) is 8.59. The van der Waals surface area contributed by atoms with Crippen LogP contribution in [-0.4, -0.2) is 25.1 Å².